The van der Waals surface area contributed by atoms with E-state index < -0.39 is 6.04 Å². The van der Waals surface area contributed by atoms with Gasteiger partial charge in [0.15, 0.2) is 4.80 Å². The van der Waals surface area contributed by atoms with Crippen LogP contribution in [0.4, 0.5) is 5.69 Å². The van der Waals surface area contributed by atoms with Crippen molar-refractivity contribution in [3.63, 3.8) is 0 Å². The Morgan fingerprint density at radius 3 is 2.12 bits per heavy atom. The third-order valence-corrected chi connectivity index (χ3v) is 7.74. The quantitative estimate of drug-likeness (QED) is 0.344. The predicted octanol–water partition coefficient (Wildman–Crippen LogP) is 3.91. The summed E-state index contributed by atoms with van der Waals surface area (Å²) < 4.78 is 23.8. The molecule has 0 fully saturated rings. The number of hydrogen-bond donors (Lipinski definition) is 1. The molecule has 2 heterocycles. The minimum Gasteiger partial charge on any atom is -0.497 e. The monoisotopic (exact) mass is 571 g/mol. The minimum absolute atomic E-state index is 0.299. The summed E-state index contributed by atoms with van der Waals surface area (Å²) in [6.45, 7) is 1.78. The Bertz CT molecular complexity index is 1780. The van der Waals surface area contributed by atoms with Crippen molar-refractivity contribution in [1.29, 1.82) is 0 Å². The molecule has 41 heavy (non-hydrogen) atoms. The first-order valence-corrected chi connectivity index (χ1v) is 13.5. The first-order chi connectivity index (χ1) is 19.9. The molecule has 1 aliphatic rings. The molecule has 1 atom stereocenters. The fourth-order valence-electron chi connectivity index (χ4n) is 4.74. The Labute approximate surface area is 240 Å². The molecule has 10 heteroatoms. The number of aromatic nitrogens is 1. The highest BCUT2D eigenvalue weighted by Crippen LogP contribution is 2.35. The number of allylic oxidation sites excluding steroid dienone is 1. The number of nitrogens with one attached hydrogen (secondary N) is 1. The van der Waals surface area contributed by atoms with Gasteiger partial charge in [0.1, 0.15) is 23.0 Å². The van der Waals surface area contributed by atoms with Gasteiger partial charge in [-0.25, -0.2) is 4.99 Å². The topological polar surface area (TPSA) is 100 Å². The van der Waals surface area contributed by atoms with Gasteiger partial charge in [-0.2, -0.15) is 0 Å². The van der Waals surface area contributed by atoms with Crippen LogP contribution in [0.2, 0.25) is 0 Å². The molecule has 1 N–H and O–H groups in total. The van der Waals surface area contributed by atoms with Crippen molar-refractivity contribution < 1.29 is 23.7 Å². The molecule has 4 aromatic rings. The molecule has 5 rings (SSSR count). The summed E-state index contributed by atoms with van der Waals surface area (Å²) in [5, 5.41) is 2.96. The number of anilines is 1. The number of carbonyl (C=O) groups excluding carboxylic acids is 1. The summed E-state index contributed by atoms with van der Waals surface area (Å²) >= 11 is 1.23. The van der Waals surface area contributed by atoms with Gasteiger partial charge < -0.3 is 24.3 Å². The van der Waals surface area contributed by atoms with Crippen LogP contribution < -0.4 is 39.2 Å². The zero-order valence-electron chi connectivity index (χ0n) is 23.3. The first-order valence-electron chi connectivity index (χ1n) is 12.7. The molecule has 0 aliphatic carbocycles. The van der Waals surface area contributed by atoms with Gasteiger partial charge in [-0.1, -0.05) is 41.7 Å². The van der Waals surface area contributed by atoms with Crippen LogP contribution in [-0.4, -0.2) is 38.9 Å². The number of hydrogen-bond acceptors (Lipinski definition) is 8. The summed E-state index contributed by atoms with van der Waals surface area (Å²) in [5.74, 6) is 1.85. The largest absolute Gasteiger partial charge is 0.497 e. The second-order valence-electron chi connectivity index (χ2n) is 9.12. The fraction of sp³-hybridized carbons (Fsp3) is 0.194. The van der Waals surface area contributed by atoms with E-state index in [-0.39, 0.29) is 11.5 Å². The molecule has 1 amide bonds. The maximum Gasteiger partial charge on any atom is 0.271 e. The van der Waals surface area contributed by atoms with Crippen LogP contribution in [0, 0.1) is 0 Å². The molecular weight excluding hydrogens is 542 g/mol. The summed E-state index contributed by atoms with van der Waals surface area (Å²) in [6, 6.07) is 19.2. The SMILES string of the molecule is COc1ccc(C2C(C(=O)Nc3ccccc3)=C(C)N=c3s/c(=C\c4c(OC)cc(OC)cc4OC)c(=O)n32)cc1. The maximum atomic E-state index is 14.1. The number of benzene rings is 3. The fourth-order valence-corrected chi connectivity index (χ4v) is 5.77. The zero-order chi connectivity index (χ0) is 29.1. The van der Waals surface area contributed by atoms with Gasteiger partial charge in [-0.3, -0.25) is 14.2 Å². The van der Waals surface area contributed by atoms with Gasteiger partial charge in [0.05, 0.1) is 55.8 Å². The second kappa shape index (κ2) is 11.7. The maximum absolute atomic E-state index is 14.1. The average Bonchev–Trinajstić information content (AvgIpc) is 3.30. The molecule has 210 valence electrons. The summed E-state index contributed by atoms with van der Waals surface area (Å²) in [5.41, 5.74) is 2.56. The summed E-state index contributed by atoms with van der Waals surface area (Å²) in [6.07, 6.45) is 1.72. The number of nitrogens with zero attached hydrogens (tertiary/aromatic N) is 2. The van der Waals surface area contributed by atoms with Crippen molar-refractivity contribution in [2.24, 2.45) is 4.99 Å². The van der Waals surface area contributed by atoms with Crippen molar-refractivity contribution in [2.45, 2.75) is 13.0 Å². The number of fused-ring (bicyclic) bond motifs is 1. The normalized spacial score (nSPS) is 14.7. The van der Waals surface area contributed by atoms with E-state index in [2.05, 4.69) is 5.32 Å². The lowest BCUT2D eigenvalue weighted by Gasteiger charge is -2.25. The standard InChI is InChI=1S/C31H29N3O6S/c1-18-27(29(35)33-20-9-7-6-8-10-20)28(19-11-13-21(37-2)14-12-19)34-30(36)26(41-31(34)32-18)17-23-24(39-4)15-22(38-3)16-25(23)40-5/h6-17,28H,1-5H3,(H,33,35)/b26-17-. The van der Waals surface area contributed by atoms with E-state index in [0.717, 1.165) is 5.56 Å². The average molecular weight is 572 g/mol. The van der Waals surface area contributed by atoms with Crippen LogP contribution in [0.1, 0.15) is 24.1 Å². The highest BCUT2D eigenvalue weighted by atomic mass is 32.1. The predicted molar refractivity (Wildman–Crippen MR) is 158 cm³/mol. The summed E-state index contributed by atoms with van der Waals surface area (Å²) in [4.78, 5) is 33.0. The van der Waals surface area contributed by atoms with Crippen LogP contribution in [0.25, 0.3) is 6.08 Å². The number of amides is 1. The number of methoxy groups -OCH3 is 4. The lowest BCUT2D eigenvalue weighted by atomic mass is 9.95. The van der Waals surface area contributed by atoms with E-state index in [1.807, 2.05) is 30.3 Å². The number of carbonyl (C=O) groups is 1. The van der Waals surface area contributed by atoms with Gasteiger partial charge in [0, 0.05) is 17.8 Å². The van der Waals surface area contributed by atoms with Crippen LogP contribution in [-0.2, 0) is 4.79 Å². The Balaban J connectivity index is 1.70. The van der Waals surface area contributed by atoms with Gasteiger partial charge in [-0.05, 0) is 42.8 Å². The van der Waals surface area contributed by atoms with Crippen molar-refractivity contribution in [2.75, 3.05) is 33.8 Å². The molecule has 1 aliphatic heterocycles. The van der Waals surface area contributed by atoms with Crippen molar-refractivity contribution in [3.8, 4) is 23.0 Å². The Morgan fingerprint density at radius 2 is 1.54 bits per heavy atom. The number of para-hydroxylation sites is 1. The molecule has 3 aromatic carbocycles. The minimum atomic E-state index is -0.720. The Morgan fingerprint density at radius 1 is 0.902 bits per heavy atom. The summed E-state index contributed by atoms with van der Waals surface area (Å²) in [7, 11) is 6.22. The Hall–Kier alpha value is -4.83. The molecule has 9 nitrogen and oxygen atoms in total. The zero-order valence-corrected chi connectivity index (χ0v) is 24.1. The molecule has 1 aromatic heterocycles. The lowest BCUT2D eigenvalue weighted by Crippen LogP contribution is -2.40. The van der Waals surface area contributed by atoms with E-state index in [1.165, 1.54) is 25.6 Å². The van der Waals surface area contributed by atoms with E-state index in [9.17, 15) is 9.59 Å². The van der Waals surface area contributed by atoms with Gasteiger partial charge in [-0.15, -0.1) is 0 Å². The van der Waals surface area contributed by atoms with Crippen molar-refractivity contribution in [3.05, 3.63) is 109 Å². The van der Waals surface area contributed by atoms with Gasteiger partial charge in [0.25, 0.3) is 11.5 Å². The third kappa shape index (κ3) is 5.33. The van der Waals surface area contributed by atoms with Crippen molar-refractivity contribution >= 4 is 29.0 Å². The van der Waals surface area contributed by atoms with Crippen molar-refractivity contribution in [1.82, 2.24) is 4.57 Å². The molecule has 0 bridgehead atoms. The van der Waals surface area contributed by atoms with Crippen LogP contribution in [0.15, 0.2) is 87.8 Å². The number of thiazole rings is 1. The second-order valence-corrected chi connectivity index (χ2v) is 10.1. The van der Waals surface area contributed by atoms with E-state index >= 15 is 0 Å². The number of rotatable bonds is 8. The van der Waals surface area contributed by atoms with Gasteiger partial charge in [0.2, 0.25) is 0 Å². The van der Waals surface area contributed by atoms with Crippen LogP contribution in [0.5, 0.6) is 23.0 Å². The first kappa shape index (κ1) is 27.7. The number of ether oxygens (including phenoxy) is 4. The molecule has 0 spiro atoms. The molecule has 0 radical (unpaired) electrons. The smallest absolute Gasteiger partial charge is 0.271 e. The van der Waals surface area contributed by atoms with Crippen LogP contribution in [0.3, 0.4) is 0 Å². The third-order valence-electron chi connectivity index (χ3n) is 6.76. The van der Waals surface area contributed by atoms with Crippen LogP contribution >= 0.6 is 11.3 Å². The van der Waals surface area contributed by atoms with E-state index in [0.29, 0.717) is 54.9 Å². The molecule has 0 saturated carbocycles. The van der Waals surface area contributed by atoms with Gasteiger partial charge >= 0.3 is 0 Å². The molecular formula is C31H29N3O6S. The lowest BCUT2D eigenvalue weighted by molar-refractivity contribution is -0.113. The molecule has 1 unspecified atom stereocenters. The molecule has 0 saturated heterocycles. The highest BCUT2D eigenvalue weighted by molar-refractivity contribution is 7.07. The Kier molecular flexibility index (Phi) is 7.93. The van der Waals surface area contributed by atoms with E-state index in [4.69, 9.17) is 23.9 Å². The van der Waals surface area contributed by atoms with E-state index in [1.54, 1.807) is 68.2 Å². The highest BCUT2D eigenvalue weighted by Gasteiger charge is 2.32.